The van der Waals surface area contributed by atoms with Gasteiger partial charge in [-0.05, 0) is 60.2 Å². The van der Waals surface area contributed by atoms with Crippen LogP contribution >= 0.6 is 11.3 Å². The number of benzene rings is 2. The Kier molecular flexibility index (Phi) is 9.17. The molecule has 0 radical (unpaired) electrons. The summed E-state index contributed by atoms with van der Waals surface area (Å²) in [5.74, 6) is 1.92. The van der Waals surface area contributed by atoms with E-state index >= 15 is 0 Å². The Labute approximate surface area is 296 Å². The molecule has 8 rings (SSSR count). The normalized spacial score (nSPS) is 18.8. The van der Waals surface area contributed by atoms with E-state index in [-0.39, 0.29) is 17.9 Å². The van der Waals surface area contributed by atoms with E-state index in [1.165, 1.54) is 27.1 Å². The maximum atomic E-state index is 12.3. The zero-order valence-electron chi connectivity index (χ0n) is 28.7. The first-order chi connectivity index (χ1) is 24.4. The van der Waals surface area contributed by atoms with Gasteiger partial charge in [0, 0.05) is 88.3 Å². The highest BCUT2D eigenvalue weighted by Gasteiger charge is 2.27. The molecule has 12 heteroatoms. The SMILES string of the molecule is CC(=O)N1c2ccc(-c3ccc(CN4CCN(Cc5cc6nc(-c7cnc(N)nc7)nc(N7CCOCC7)c6s5)CC4)cc3)cc2CC[C@@H]1C. The number of hydrogen-bond acceptors (Lipinski definition) is 11. The van der Waals surface area contributed by atoms with Crippen molar-refractivity contribution in [1.82, 2.24) is 29.7 Å². The molecule has 3 aliphatic rings. The van der Waals surface area contributed by atoms with Gasteiger partial charge in [0.15, 0.2) is 11.6 Å². The number of nitrogens with zero attached hydrogens (tertiary/aromatic N) is 8. The molecule has 2 aromatic carbocycles. The van der Waals surface area contributed by atoms with E-state index in [0.717, 1.165) is 92.5 Å². The van der Waals surface area contributed by atoms with Crippen molar-refractivity contribution < 1.29 is 9.53 Å². The highest BCUT2D eigenvalue weighted by atomic mass is 32.1. The summed E-state index contributed by atoms with van der Waals surface area (Å²) >= 11 is 1.80. The summed E-state index contributed by atoms with van der Waals surface area (Å²) in [6, 6.07) is 18.0. The number of aromatic nitrogens is 4. The zero-order chi connectivity index (χ0) is 34.2. The molecule has 0 bridgehead atoms. The lowest BCUT2D eigenvalue weighted by Gasteiger charge is -2.35. The van der Waals surface area contributed by atoms with Crippen molar-refractivity contribution in [3.05, 3.63) is 76.9 Å². The Morgan fingerprint density at radius 2 is 1.58 bits per heavy atom. The monoisotopic (exact) mass is 689 g/mol. The van der Waals surface area contributed by atoms with Crippen molar-refractivity contribution >= 4 is 44.9 Å². The molecule has 1 atom stereocenters. The molecule has 2 fully saturated rings. The van der Waals surface area contributed by atoms with Crippen LogP contribution < -0.4 is 15.5 Å². The average molecular weight is 690 g/mol. The molecule has 258 valence electrons. The largest absolute Gasteiger partial charge is 0.378 e. The van der Waals surface area contributed by atoms with Gasteiger partial charge < -0.3 is 20.3 Å². The molecular formula is C38H43N9O2S. The third kappa shape index (κ3) is 6.80. The summed E-state index contributed by atoms with van der Waals surface area (Å²) in [5, 5.41) is 0. The Bertz CT molecular complexity index is 1980. The smallest absolute Gasteiger partial charge is 0.224 e. The highest BCUT2D eigenvalue weighted by Crippen LogP contribution is 2.36. The number of hydrogen-bond donors (Lipinski definition) is 1. The maximum Gasteiger partial charge on any atom is 0.224 e. The van der Waals surface area contributed by atoms with Gasteiger partial charge in [0.2, 0.25) is 11.9 Å². The first kappa shape index (κ1) is 32.7. The molecule has 0 unspecified atom stereocenters. The Balaban J connectivity index is 0.908. The molecule has 50 heavy (non-hydrogen) atoms. The van der Waals surface area contributed by atoms with E-state index in [2.05, 4.69) is 80.1 Å². The highest BCUT2D eigenvalue weighted by molar-refractivity contribution is 7.19. The minimum Gasteiger partial charge on any atom is -0.378 e. The van der Waals surface area contributed by atoms with E-state index in [1.54, 1.807) is 30.7 Å². The van der Waals surface area contributed by atoms with Gasteiger partial charge in [0.05, 0.1) is 29.0 Å². The van der Waals surface area contributed by atoms with Gasteiger partial charge in [-0.25, -0.2) is 19.9 Å². The van der Waals surface area contributed by atoms with Gasteiger partial charge in [-0.15, -0.1) is 11.3 Å². The summed E-state index contributed by atoms with van der Waals surface area (Å²) in [5.41, 5.74) is 13.5. The molecule has 2 N–H and O–H groups in total. The molecule has 3 aliphatic heterocycles. The molecule has 0 spiro atoms. The lowest BCUT2D eigenvalue weighted by Crippen LogP contribution is -2.45. The molecule has 6 heterocycles. The third-order valence-electron chi connectivity index (χ3n) is 10.1. The van der Waals surface area contributed by atoms with Crippen molar-refractivity contribution in [2.45, 2.75) is 45.8 Å². The quantitative estimate of drug-likeness (QED) is 0.243. The second kappa shape index (κ2) is 14.0. The number of carbonyl (C=O) groups is 1. The Hall–Kier alpha value is -4.49. The number of morpholine rings is 1. The van der Waals surface area contributed by atoms with Crippen molar-refractivity contribution in [1.29, 1.82) is 0 Å². The summed E-state index contributed by atoms with van der Waals surface area (Å²) in [7, 11) is 0. The number of carbonyl (C=O) groups excluding carboxylic acids is 1. The Morgan fingerprint density at radius 3 is 2.30 bits per heavy atom. The molecule has 5 aromatic rings. The number of anilines is 3. The minimum absolute atomic E-state index is 0.116. The van der Waals surface area contributed by atoms with E-state index in [4.69, 9.17) is 20.4 Å². The van der Waals surface area contributed by atoms with Crippen LogP contribution in [-0.2, 0) is 29.0 Å². The van der Waals surface area contributed by atoms with Crippen LogP contribution in [0, 0.1) is 0 Å². The topological polar surface area (TPSA) is 117 Å². The lowest BCUT2D eigenvalue weighted by atomic mass is 9.93. The number of amides is 1. The molecule has 0 aliphatic carbocycles. The number of nitrogens with two attached hydrogens (primary N) is 1. The van der Waals surface area contributed by atoms with Crippen LogP contribution in [0.25, 0.3) is 32.7 Å². The van der Waals surface area contributed by atoms with Gasteiger partial charge in [-0.1, -0.05) is 30.3 Å². The number of piperazine rings is 1. The van der Waals surface area contributed by atoms with Gasteiger partial charge in [0.25, 0.3) is 0 Å². The van der Waals surface area contributed by atoms with Crippen LogP contribution in [0.3, 0.4) is 0 Å². The predicted molar refractivity (Wildman–Crippen MR) is 199 cm³/mol. The third-order valence-corrected chi connectivity index (χ3v) is 11.2. The van der Waals surface area contributed by atoms with Crippen LogP contribution in [0.2, 0.25) is 0 Å². The van der Waals surface area contributed by atoms with Crippen LogP contribution in [0.15, 0.2) is 60.9 Å². The zero-order valence-corrected chi connectivity index (χ0v) is 29.5. The van der Waals surface area contributed by atoms with Crippen LogP contribution in [-0.4, -0.2) is 94.2 Å². The Morgan fingerprint density at radius 1 is 0.880 bits per heavy atom. The van der Waals surface area contributed by atoms with Crippen molar-refractivity contribution in [3.63, 3.8) is 0 Å². The van der Waals surface area contributed by atoms with Crippen molar-refractivity contribution in [2.24, 2.45) is 0 Å². The first-order valence-electron chi connectivity index (χ1n) is 17.6. The summed E-state index contributed by atoms with van der Waals surface area (Å²) in [6.07, 6.45) is 5.38. The molecule has 0 saturated carbocycles. The van der Waals surface area contributed by atoms with E-state index in [9.17, 15) is 4.79 Å². The summed E-state index contributed by atoms with van der Waals surface area (Å²) < 4.78 is 6.75. The van der Waals surface area contributed by atoms with E-state index in [0.29, 0.717) is 19.0 Å². The van der Waals surface area contributed by atoms with Crippen molar-refractivity contribution in [2.75, 3.05) is 68.0 Å². The van der Waals surface area contributed by atoms with Gasteiger partial charge >= 0.3 is 0 Å². The summed E-state index contributed by atoms with van der Waals surface area (Å²) in [4.78, 5) is 41.2. The fourth-order valence-corrected chi connectivity index (χ4v) is 8.57. The second-order valence-electron chi connectivity index (χ2n) is 13.6. The number of ether oxygens (including phenoxy) is 1. The number of nitrogen functional groups attached to an aromatic ring is 1. The van der Waals surface area contributed by atoms with E-state index in [1.807, 2.05) is 4.90 Å². The fraction of sp³-hybridized carbons (Fsp3) is 0.395. The molecule has 2 saturated heterocycles. The number of fused-ring (bicyclic) bond motifs is 2. The molecule has 1 amide bonds. The first-order valence-corrected chi connectivity index (χ1v) is 18.4. The van der Waals surface area contributed by atoms with Crippen LogP contribution in [0.4, 0.5) is 17.5 Å². The standard InChI is InChI=1S/C38H43N9O2S/c1-25-3-6-30-19-29(9-10-34(30)47(25)26(2)48)28-7-4-27(5-8-28)23-44-11-13-45(14-12-44)24-32-20-33-35(50-32)37(46-15-17-49-18-16-46)43-36(42-33)31-21-40-38(39)41-22-31/h4-5,7-10,19-22,25H,3,6,11-18,23-24H2,1-2H3,(H2,39,40,41)/t25-/m0/s1. The molecule has 3 aromatic heterocycles. The van der Waals surface area contributed by atoms with Crippen LogP contribution in [0.1, 0.15) is 36.3 Å². The second-order valence-corrected chi connectivity index (χ2v) is 14.7. The van der Waals surface area contributed by atoms with Gasteiger partial charge in [-0.3, -0.25) is 14.6 Å². The molecular weight excluding hydrogens is 647 g/mol. The van der Waals surface area contributed by atoms with Crippen LogP contribution in [0.5, 0.6) is 0 Å². The predicted octanol–water partition coefficient (Wildman–Crippen LogP) is 5.24. The minimum atomic E-state index is 0.116. The van der Waals surface area contributed by atoms with Gasteiger partial charge in [-0.2, -0.15) is 0 Å². The molecule has 11 nitrogen and oxygen atoms in total. The lowest BCUT2D eigenvalue weighted by molar-refractivity contribution is -0.117. The van der Waals surface area contributed by atoms with Crippen molar-refractivity contribution in [3.8, 4) is 22.5 Å². The number of rotatable bonds is 7. The number of aryl methyl sites for hydroxylation is 1. The summed E-state index contributed by atoms with van der Waals surface area (Å²) in [6.45, 7) is 12.7. The van der Waals surface area contributed by atoms with E-state index < -0.39 is 0 Å². The fourth-order valence-electron chi connectivity index (χ4n) is 7.41. The maximum absolute atomic E-state index is 12.3. The number of thiophene rings is 1. The average Bonchev–Trinajstić information content (AvgIpc) is 3.55. The van der Waals surface area contributed by atoms with Gasteiger partial charge in [0.1, 0.15) is 0 Å².